The molecular formula is C25H36N4O6. The highest BCUT2D eigenvalue weighted by Crippen LogP contribution is 2.50. The van der Waals surface area contributed by atoms with Crippen LogP contribution in [0.25, 0.3) is 0 Å². The number of hydrogen-bond acceptors (Lipinski definition) is 9. The first kappa shape index (κ1) is 24.5. The Morgan fingerprint density at radius 3 is 2.54 bits per heavy atom. The Kier molecular flexibility index (Phi) is 6.75. The molecule has 1 spiro atoms. The second-order valence-corrected chi connectivity index (χ2v) is 10.7. The SMILES string of the molecule is CC(C)(C)OC(=O)CN1CCN(c2ccc3c(c2)N(C2CCONO2)C(=O)C32CCOCC2)CC1. The van der Waals surface area contributed by atoms with E-state index < -0.39 is 17.2 Å². The summed E-state index contributed by atoms with van der Waals surface area (Å²) in [4.78, 5) is 43.1. The van der Waals surface area contributed by atoms with E-state index in [0.29, 0.717) is 45.6 Å². The smallest absolute Gasteiger partial charge is 0.320 e. The molecule has 0 aromatic heterocycles. The van der Waals surface area contributed by atoms with E-state index in [9.17, 15) is 9.59 Å². The van der Waals surface area contributed by atoms with Gasteiger partial charge in [0.05, 0.1) is 24.3 Å². The highest BCUT2D eigenvalue weighted by Gasteiger charge is 2.53. The van der Waals surface area contributed by atoms with Crippen molar-refractivity contribution in [3.05, 3.63) is 23.8 Å². The van der Waals surface area contributed by atoms with Crippen LogP contribution in [0.15, 0.2) is 18.2 Å². The lowest BCUT2D eigenvalue weighted by Gasteiger charge is -2.36. The van der Waals surface area contributed by atoms with Gasteiger partial charge in [-0.1, -0.05) is 11.7 Å². The monoisotopic (exact) mass is 488 g/mol. The van der Waals surface area contributed by atoms with E-state index in [4.69, 9.17) is 19.1 Å². The Hall–Kier alpha value is -2.24. The number of fused-ring (bicyclic) bond motifs is 2. The topological polar surface area (TPSA) is 92.8 Å². The van der Waals surface area contributed by atoms with Crippen molar-refractivity contribution in [2.75, 3.05) is 62.3 Å². The number of esters is 1. The summed E-state index contributed by atoms with van der Waals surface area (Å²) in [5, 5.41) is 0. The molecule has 0 bridgehead atoms. The van der Waals surface area contributed by atoms with Gasteiger partial charge in [-0.3, -0.25) is 29.1 Å². The van der Waals surface area contributed by atoms with Gasteiger partial charge in [0.2, 0.25) is 5.91 Å². The Labute approximate surface area is 206 Å². The summed E-state index contributed by atoms with van der Waals surface area (Å²) in [6.07, 6.45) is 1.53. The van der Waals surface area contributed by atoms with E-state index >= 15 is 0 Å². The summed E-state index contributed by atoms with van der Waals surface area (Å²) >= 11 is 0. The number of carbonyl (C=O) groups is 2. The summed E-state index contributed by atoms with van der Waals surface area (Å²) in [5.74, 6) is -0.103. The van der Waals surface area contributed by atoms with Crippen LogP contribution >= 0.6 is 0 Å². The average Bonchev–Trinajstić information content (AvgIpc) is 3.06. The first-order valence-electron chi connectivity index (χ1n) is 12.5. The molecular weight excluding hydrogens is 452 g/mol. The predicted octanol–water partition coefficient (Wildman–Crippen LogP) is 1.73. The van der Waals surface area contributed by atoms with Gasteiger partial charge in [0, 0.05) is 51.5 Å². The molecule has 3 fully saturated rings. The number of nitrogens with zero attached hydrogens (tertiary/aromatic N) is 3. The normalized spacial score (nSPS) is 25.1. The van der Waals surface area contributed by atoms with E-state index in [1.165, 1.54) is 0 Å². The molecule has 0 saturated carbocycles. The Morgan fingerprint density at radius 1 is 1.14 bits per heavy atom. The van der Waals surface area contributed by atoms with Gasteiger partial charge in [-0.15, -0.1) is 0 Å². The Bertz CT molecular complexity index is 944. The zero-order chi connectivity index (χ0) is 24.6. The van der Waals surface area contributed by atoms with Crippen LogP contribution in [0.4, 0.5) is 11.4 Å². The lowest BCUT2D eigenvalue weighted by molar-refractivity contribution is -0.238. The number of anilines is 2. The van der Waals surface area contributed by atoms with Crippen LogP contribution in [0.5, 0.6) is 0 Å². The van der Waals surface area contributed by atoms with Gasteiger partial charge >= 0.3 is 5.97 Å². The number of piperazine rings is 1. The van der Waals surface area contributed by atoms with Crippen LogP contribution in [-0.4, -0.2) is 81.1 Å². The first-order valence-corrected chi connectivity index (χ1v) is 12.5. The molecule has 1 unspecified atom stereocenters. The number of benzene rings is 1. The number of carbonyl (C=O) groups excluding carboxylic acids is 2. The van der Waals surface area contributed by atoms with E-state index in [-0.39, 0.29) is 11.9 Å². The minimum Gasteiger partial charge on any atom is -0.459 e. The number of hydrogen-bond donors (Lipinski definition) is 1. The highest BCUT2D eigenvalue weighted by molar-refractivity contribution is 6.09. The van der Waals surface area contributed by atoms with Crippen molar-refractivity contribution >= 4 is 23.3 Å². The fourth-order valence-corrected chi connectivity index (χ4v) is 5.52. The van der Waals surface area contributed by atoms with Gasteiger partial charge in [-0.05, 0) is 51.3 Å². The fourth-order valence-electron chi connectivity index (χ4n) is 5.52. The third-order valence-electron chi connectivity index (χ3n) is 7.24. The van der Waals surface area contributed by atoms with Gasteiger partial charge in [-0.25, -0.2) is 0 Å². The number of rotatable bonds is 4. The molecule has 0 radical (unpaired) electrons. The van der Waals surface area contributed by atoms with Crippen molar-refractivity contribution in [1.82, 2.24) is 10.5 Å². The van der Waals surface area contributed by atoms with Crippen molar-refractivity contribution in [1.29, 1.82) is 0 Å². The largest absolute Gasteiger partial charge is 0.459 e. The summed E-state index contributed by atoms with van der Waals surface area (Å²) in [7, 11) is 0. The summed E-state index contributed by atoms with van der Waals surface area (Å²) in [6, 6.07) is 6.37. The van der Waals surface area contributed by atoms with E-state index in [1.807, 2.05) is 25.7 Å². The molecule has 10 heteroatoms. The third-order valence-corrected chi connectivity index (χ3v) is 7.24. The molecule has 5 rings (SSSR count). The molecule has 1 amide bonds. The van der Waals surface area contributed by atoms with Crippen LogP contribution in [0.1, 0.15) is 45.6 Å². The predicted molar refractivity (Wildman–Crippen MR) is 129 cm³/mol. The summed E-state index contributed by atoms with van der Waals surface area (Å²) < 4.78 is 11.1. The molecule has 3 saturated heterocycles. The molecule has 4 heterocycles. The van der Waals surface area contributed by atoms with Crippen LogP contribution in [0.2, 0.25) is 0 Å². The van der Waals surface area contributed by atoms with Crippen LogP contribution < -0.4 is 15.4 Å². The summed E-state index contributed by atoms with van der Waals surface area (Å²) in [5.41, 5.74) is 4.52. The molecule has 4 aliphatic heterocycles. The van der Waals surface area contributed by atoms with Crippen molar-refractivity contribution < 1.29 is 28.7 Å². The Balaban J connectivity index is 1.33. The van der Waals surface area contributed by atoms with Crippen molar-refractivity contribution in [3.8, 4) is 0 Å². The molecule has 1 N–H and O–H groups in total. The molecule has 4 aliphatic rings. The quantitative estimate of drug-likeness (QED) is 0.636. The van der Waals surface area contributed by atoms with Crippen molar-refractivity contribution in [2.24, 2.45) is 0 Å². The maximum absolute atomic E-state index is 13.8. The highest BCUT2D eigenvalue weighted by atomic mass is 16.9. The number of amides is 1. The van der Waals surface area contributed by atoms with Crippen LogP contribution in [0, 0.1) is 0 Å². The zero-order valence-electron chi connectivity index (χ0n) is 20.9. The fraction of sp³-hybridized carbons (Fsp3) is 0.680. The van der Waals surface area contributed by atoms with E-state index in [2.05, 4.69) is 33.6 Å². The molecule has 1 aromatic carbocycles. The van der Waals surface area contributed by atoms with Crippen molar-refractivity contribution in [2.45, 2.75) is 57.3 Å². The van der Waals surface area contributed by atoms with Gasteiger partial charge in [0.25, 0.3) is 0 Å². The molecule has 192 valence electrons. The van der Waals surface area contributed by atoms with Gasteiger partial charge < -0.3 is 14.4 Å². The first-order chi connectivity index (χ1) is 16.8. The molecule has 35 heavy (non-hydrogen) atoms. The lowest BCUT2D eigenvalue weighted by Crippen LogP contribution is -2.51. The lowest BCUT2D eigenvalue weighted by atomic mass is 9.75. The van der Waals surface area contributed by atoms with E-state index in [0.717, 1.165) is 43.1 Å². The molecule has 1 aromatic rings. The Morgan fingerprint density at radius 2 is 1.89 bits per heavy atom. The van der Waals surface area contributed by atoms with Crippen LogP contribution in [-0.2, 0) is 34.2 Å². The second-order valence-electron chi connectivity index (χ2n) is 10.7. The maximum Gasteiger partial charge on any atom is 0.320 e. The van der Waals surface area contributed by atoms with Crippen LogP contribution in [0.3, 0.4) is 0 Å². The minimum atomic E-state index is -0.556. The zero-order valence-corrected chi connectivity index (χ0v) is 20.9. The second kappa shape index (κ2) is 9.67. The minimum absolute atomic E-state index is 0.0869. The van der Waals surface area contributed by atoms with Gasteiger partial charge in [-0.2, -0.15) is 0 Å². The number of nitrogens with one attached hydrogen (secondary N) is 1. The standard InChI is InChI=1S/C25H36N4O6/c1-24(2,3)34-22(30)17-27-9-11-28(12-10-27)18-4-5-19-20(16-18)29(21-6-13-33-26-35-21)23(31)25(19)7-14-32-15-8-25/h4-5,16,21,26H,6-15,17H2,1-3H3. The third kappa shape index (κ3) is 4.90. The summed E-state index contributed by atoms with van der Waals surface area (Å²) in [6.45, 7) is 10.7. The molecule has 10 nitrogen and oxygen atoms in total. The number of ether oxygens (including phenoxy) is 2. The maximum atomic E-state index is 13.8. The molecule has 0 aliphatic carbocycles. The molecule has 1 atom stereocenters. The van der Waals surface area contributed by atoms with Crippen molar-refractivity contribution in [3.63, 3.8) is 0 Å². The van der Waals surface area contributed by atoms with E-state index in [1.54, 1.807) is 0 Å². The van der Waals surface area contributed by atoms with Gasteiger partial charge in [0.1, 0.15) is 5.60 Å². The average molecular weight is 489 g/mol. The van der Waals surface area contributed by atoms with Gasteiger partial charge in [0.15, 0.2) is 6.23 Å².